The molecule has 2 N–H and O–H groups in total. The van der Waals surface area contributed by atoms with Crippen molar-refractivity contribution in [1.82, 2.24) is 4.37 Å². The Balaban J connectivity index is 2.04. The average Bonchev–Trinajstić information content (AvgIpc) is 2.44. The third-order valence-electron chi connectivity index (χ3n) is 2.68. The van der Waals surface area contributed by atoms with Gasteiger partial charge in [0.25, 0.3) is 0 Å². The Morgan fingerprint density at radius 2 is 2.33 bits per heavy atom. The number of aryl methyl sites for hydroxylation is 1. The van der Waals surface area contributed by atoms with Crippen molar-refractivity contribution in [3.63, 3.8) is 0 Å². The monoisotopic (exact) mass is 223 g/mol. The standard InChI is InChI=1S/C10H13N3OS/c1-6-8(5-11)9(15-13-6)12-7-3-10(2,14)4-7/h7,12,14H,3-4H2,1-2H3. The van der Waals surface area contributed by atoms with Gasteiger partial charge in [0.05, 0.1) is 11.3 Å². The molecule has 0 aromatic carbocycles. The van der Waals surface area contributed by atoms with Crippen molar-refractivity contribution in [3.05, 3.63) is 11.3 Å². The molecule has 15 heavy (non-hydrogen) atoms. The van der Waals surface area contributed by atoms with Crippen molar-refractivity contribution >= 4 is 16.5 Å². The molecule has 1 heterocycles. The summed E-state index contributed by atoms with van der Waals surface area (Å²) in [5, 5.41) is 22.6. The Kier molecular flexibility index (Phi) is 2.41. The molecular weight excluding hydrogens is 210 g/mol. The minimum Gasteiger partial charge on any atom is -0.390 e. The summed E-state index contributed by atoms with van der Waals surface area (Å²) in [6.45, 7) is 3.66. The summed E-state index contributed by atoms with van der Waals surface area (Å²) in [6.07, 6.45) is 1.46. The maximum Gasteiger partial charge on any atom is 0.127 e. The fraction of sp³-hybridized carbons (Fsp3) is 0.600. The van der Waals surface area contributed by atoms with Crippen LogP contribution in [0.3, 0.4) is 0 Å². The van der Waals surface area contributed by atoms with Crippen molar-refractivity contribution < 1.29 is 5.11 Å². The van der Waals surface area contributed by atoms with E-state index >= 15 is 0 Å². The van der Waals surface area contributed by atoms with Gasteiger partial charge in [-0.3, -0.25) is 0 Å². The van der Waals surface area contributed by atoms with E-state index < -0.39 is 5.60 Å². The van der Waals surface area contributed by atoms with Crippen LogP contribution in [0.5, 0.6) is 0 Å². The van der Waals surface area contributed by atoms with E-state index in [1.807, 2.05) is 13.8 Å². The highest BCUT2D eigenvalue weighted by Crippen LogP contribution is 2.35. The second-order valence-corrected chi connectivity index (χ2v) is 5.10. The van der Waals surface area contributed by atoms with Crippen molar-refractivity contribution in [2.75, 3.05) is 5.32 Å². The smallest absolute Gasteiger partial charge is 0.127 e. The molecule has 4 nitrogen and oxygen atoms in total. The van der Waals surface area contributed by atoms with Crippen LogP contribution in [0, 0.1) is 18.3 Å². The zero-order valence-corrected chi connectivity index (χ0v) is 9.56. The highest BCUT2D eigenvalue weighted by molar-refractivity contribution is 7.10. The van der Waals surface area contributed by atoms with E-state index in [0.29, 0.717) is 5.56 Å². The zero-order chi connectivity index (χ0) is 11.1. The molecule has 0 amide bonds. The molecule has 80 valence electrons. The van der Waals surface area contributed by atoms with Gasteiger partial charge in [0.2, 0.25) is 0 Å². The Hall–Kier alpha value is -1.12. The molecule has 1 aliphatic rings. The molecule has 1 fully saturated rings. The molecule has 1 aliphatic carbocycles. The molecule has 0 unspecified atom stereocenters. The van der Waals surface area contributed by atoms with E-state index in [1.54, 1.807) is 0 Å². The number of nitriles is 1. The van der Waals surface area contributed by atoms with Gasteiger partial charge in [-0.15, -0.1) is 0 Å². The largest absolute Gasteiger partial charge is 0.390 e. The molecule has 0 spiro atoms. The number of aliphatic hydroxyl groups is 1. The quantitative estimate of drug-likeness (QED) is 0.800. The molecule has 2 rings (SSSR count). The predicted octanol–water partition coefficient (Wildman–Crippen LogP) is 1.65. The minimum absolute atomic E-state index is 0.270. The lowest BCUT2D eigenvalue weighted by Gasteiger charge is -2.41. The van der Waals surface area contributed by atoms with Crippen LogP contribution < -0.4 is 5.32 Å². The molecule has 5 heteroatoms. The highest BCUT2D eigenvalue weighted by atomic mass is 32.1. The Morgan fingerprint density at radius 1 is 1.67 bits per heavy atom. The molecule has 1 saturated carbocycles. The number of aromatic nitrogens is 1. The number of anilines is 1. The van der Waals surface area contributed by atoms with E-state index in [4.69, 9.17) is 5.26 Å². The normalized spacial score (nSPS) is 29.3. The number of hydrogen-bond donors (Lipinski definition) is 2. The van der Waals surface area contributed by atoms with Crippen LogP contribution >= 0.6 is 11.5 Å². The second kappa shape index (κ2) is 3.47. The molecule has 0 radical (unpaired) electrons. The Labute approximate surface area is 92.7 Å². The molecule has 1 aromatic heterocycles. The van der Waals surface area contributed by atoms with Crippen LogP contribution in [-0.2, 0) is 0 Å². The van der Waals surface area contributed by atoms with E-state index in [0.717, 1.165) is 23.5 Å². The van der Waals surface area contributed by atoms with E-state index in [2.05, 4.69) is 15.8 Å². The van der Waals surface area contributed by atoms with Gasteiger partial charge >= 0.3 is 0 Å². The van der Waals surface area contributed by atoms with Gasteiger partial charge in [0.1, 0.15) is 16.6 Å². The Morgan fingerprint density at radius 3 is 2.87 bits per heavy atom. The number of rotatable bonds is 2. The average molecular weight is 223 g/mol. The lowest BCUT2D eigenvalue weighted by Crippen LogP contribution is -2.48. The fourth-order valence-corrected chi connectivity index (χ4v) is 2.71. The lowest BCUT2D eigenvalue weighted by molar-refractivity contribution is -0.0233. The fourth-order valence-electron chi connectivity index (χ4n) is 1.89. The topological polar surface area (TPSA) is 68.9 Å². The van der Waals surface area contributed by atoms with Crippen LogP contribution in [0.4, 0.5) is 5.00 Å². The maximum absolute atomic E-state index is 9.58. The summed E-state index contributed by atoms with van der Waals surface area (Å²) in [7, 11) is 0. The second-order valence-electron chi connectivity index (χ2n) is 4.33. The SMILES string of the molecule is Cc1nsc(NC2CC(C)(O)C2)c1C#N. The van der Waals surface area contributed by atoms with Crippen molar-refractivity contribution in [2.24, 2.45) is 0 Å². The van der Waals surface area contributed by atoms with Gasteiger partial charge in [-0.05, 0) is 38.2 Å². The third kappa shape index (κ3) is 1.96. The minimum atomic E-state index is -0.537. The summed E-state index contributed by atoms with van der Waals surface area (Å²) in [6, 6.07) is 2.41. The van der Waals surface area contributed by atoms with Crippen LogP contribution in [0.25, 0.3) is 0 Å². The van der Waals surface area contributed by atoms with Crippen LogP contribution in [0.2, 0.25) is 0 Å². The van der Waals surface area contributed by atoms with E-state index in [1.165, 1.54) is 11.5 Å². The summed E-state index contributed by atoms with van der Waals surface area (Å²) < 4.78 is 4.13. The maximum atomic E-state index is 9.58. The van der Waals surface area contributed by atoms with Gasteiger partial charge in [0, 0.05) is 6.04 Å². The lowest BCUT2D eigenvalue weighted by atomic mass is 9.77. The first-order valence-electron chi connectivity index (χ1n) is 4.87. The van der Waals surface area contributed by atoms with Gasteiger partial charge in [-0.25, -0.2) is 0 Å². The number of hydrogen-bond acceptors (Lipinski definition) is 5. The first kappa shape index (κ1) is 10.4. The van der Waals surface area contributed by atoms with E-state index in [-0.39, 0.29) is 6.04 Å². The van der Waals surface area contributed by atoms with Crippen LogP contribution in [0.1, 0.15) is 31.0 Å². The van der Waals surface area contributed by atoms with Gasteiger partial charge in [-0.1, -0.05) is 0 Å². The molecule has 0 bridgehead atoms. The van der Waals surface area contributed by atoms with Crippen LogP contribution in [-0.4, -0.2) is 21.1 Å². The molecule has 0 aliphatic heterocycles. The summed E-state index contributed by atoms with van der Waals surface area (Å²) in [5.74, 6) is 0. The molecule has 0 atom stereocenters. The molecule has 1 aromatic rings. The van der Waals surface area contributed by atoms with Crippen molar-refractivity contribution in [1.29, 1.82) is 5.26 Å². The Bertz CT molecular complexity index is 411. The number of nitrogens with one attached hydrogen (secondary N) is 1. The summed E-state index contributed by atoms with van der Waals surface area (Å²) >= 11 is 1.31. The highest BCUT2D eigenvalue weighted by Gasteiger charge is 2.38. The first-order chi connectivity index (χ1) is 7.02. The predicted molar refractivity (Wildman–Crippen MR) is 58.8 cm³/mol. The third-order valence-corrected chi connectivity index (χ3v) is 3.55. The van der Waals surface area contributed by atoms with Gasteiger partial charge in [-0.2, -0.15) is 9.64 Å². The van der Waals surface area contributed by atoms with E-state index in [9.17, 15) is 5.11 Å². The first-order valence-corrected chi connectivity index (χ1v) is 5.64. The molecular formula is C10H13N3OS. The molecule has 0 saturated heterocycles. The van der Waals surface area contributed by atoms with Crippen molar-refractivity contribution in [3.8, 4) is 6.07 Å². The van der Waals surface area contributed by atoms with Gasteiger partial charge < -0.3 is 10.4 Å². The summed E-state index contributed by atoms with van der Waals surface area (Å²) in [5.41, 5.74) is 0.868. The van der Waals surface area contributed by atoms with Gasteiger partial charge in [0.15, 0.2) is 0 Å². The van der Waals surface area contributed by atoms with Crippen molar-refractivity contribution in [2.45, 2.75) is 38.3 Å². The summed E-state index contributed by atoms with van der Waals surface area (Å²) in [4.78, 5) is 0. The van der Waals surface area contributed by atoms with Crippen LogP contribution in [0.15, 0.2) is 0 Å². The zero-order valence-electron chi connectivity index (χ0n) is 8.74. The number of nitrogens with zero attached hydrogens (tertiary/aromatic N) is 2.